The van der Waals surface area contributed by atoms with Crippen LogP contribution >= 0.6 is 0 Å². The Morgan fingerprint density at radius 3 is 2.59 bits per heavy atom. The van der Waals surface area contributed by atoms with Crippen LogP contribution in [0.25, 0.3) is 10.8 Å². The highest BCUT2D eigenvalue weighted by molar-refractivity contribution is 5.97. The first kappa shape index (κ1) is 17.6. The molecule has 144 valence electrons. The summed E-state index contributed by atoms with van der Waals surface area (Å²) in [6, 6.07) is 24.8. The number of rotatable bonds is 4. The van der Waals surface area contributed by atoms with Gasteiger partial charge in [-0.2, -0.15) is 5.10 Å². The second-order valence-electron chi connectivity index (χ2n) is 7.45. The number of aromatic nitrogens is 2. The van der Waals surface area contributed by atoms with Crippen LogP contribution in [-0.4, -0.2) is 17.2 Å². The first-order valence-corrected chi connectivity index (χ1v) is 9.82. The van der Waals surface area contributed by atoms with E-state index < -0.39 is 0 Å². The van der Waals surface area contributed by atoms with Crippen molar-refractivity contribution in [3.8, 4) is 0 Å². The maximum absolute atomic E-state index is 12.4. The summed E-state index contributed by atoms with van der Waals surface area (Å²) in [5.74, 6) is -0.0183. The molecule has 29 heavy (non-hydrogen) atoms. The molecule has 1 aliphatic heterocycles. The Morgan fingerprint density at radius 2 is 1.76 bits per heavy atom. The monoisotopic (exact) mass is 382 g/mol. The SMILES string of the molecule is CNCc1cccc(C2Nc3cccc4c(=O)[nH]nc(c34)C2c2ccccc2)c1. The zero-order valence-electron chi connectivity index (χ0n) is 16.1. The molecule has 1 aliphatic rings. The van der Waals surface area contributed by atoms with Crippen molar-refractivity contribution < 1.29 is 0 Å². The Balaban J connectivity index is 1.75. The quantitative estimate of drug-likeness (QED) is 0.500. The molecule has 5 heteroatoms. The Bertz CT molecular complexity index is 1230. The van der Waals surface area contributed by atoms with Gasteiger partial charge in [-0.3, -0.25) is 4.79 Å². The van der Waals surface area contributed by atoms with E-state index in [1.807, 2.05) is 43.4 Å². The van der Waals surface area contributed by atoms with Crippen molar-refractivity contribution in [1.29, 1.82) is 0 Å². The Morgan fingerprint density at radius 1 is 0.966 bits per heavy atom. The van der Waals surface area contributed by atoms with Crippen LogP contribution in [0, 0.1) is 0 Å². The lowest BCUT2D eigenvalue weighted by Gasteiger charge is -2.35. The topological polar surface area (TPSA) is 69.8 Å². The van der Waals surface area contributed by atoms with E-state index in [1.165, 1.54) is 16.7 Å². The van der Waals surface area contributed by atoms with Crippen molar-refractivity contribution >= 4 is 16.5 Å². The number of hydrogen-bond acceptors (Lipinski definition) is 4. The van der Waals surface area contributed by atoms with Gasteiger partial charge in [0.05, 0.1) is 23.0 Å². The van der Waals surface area contributed by atoms with Gasteiger partial charge >= 0.3 is 0 Å². The highest BCUT2D eigenvalue weighted by Gasteiger charge is 2.34. The van der Waals surface area contributed by atoms with Gasteiger partial charge in [-0.25, -0.2) is 5.10 Å². The van der Waals surface area contributed by atoms with Crippen molar-refractivity contribution in [3.05, 3.63) is 106 Å². The van der Waals surface area contributed by atoms with Crippen molar-refractivity contribution in [2.24, 2.45) is 0 Å². The average molecular weight is 382 g/mol. The van der Waals surface area contributed by atoms with Crippen LogP contribution in [0.4, 0.5) is 5.69 Å². The molecular formula is C24H22N4O. The van der Waals surface area contributed by atoms with Crippen molar-refractivity contribution in [2.75, 3.05) is 12.4 Å². The molecule has 3 N–H and O–H groups in total. The molecule has 0 amide bonds. The molecule has 2 atom stereocenters. The van der Waals surface area contributed by atoms with Gasteiger partial charge < -0.3 is 10.6 Å². The number of H-pyrrole nitrogens is 1. The largest absolute Gasteiger partial charge is 0.377 e. The summed E-state index contributed by atoms with van der Waals surface area (Å²) in [4.78, 5) is 12.4. The summed E-state index contributed by atoms with van der Waals surface area (Å²) in [7, 11) is 1.95. The standard InChI is InChI=1S/C24H22N4O/c1-25-14-15-7-5-10-17(13-15)22-20(16-8-3-2-4-9-16)23-21-18(24(29)28-27-23)11-6-12-19(21)26-22/h2-13,20,22,25-26H,14H2,1H3,(H,28,29). The molecule has 0 fully saturated rings. The molecule has 0 bridgehead atoms. The number of nitrogens with zero attached hydrogens (tertiary/aromatic N) is 1. The number of hydrogen-bond donors (Lipinski definition) is 3. The van der Waals surface area contributed by atoms with E-state index in [9.17, 15) is 4.79 Å². The summed E-state index contributed by atoms with van der Waals surface area (Å²) < 4.78 is 0. The van der Waals surface area contributed by atoms with E-state index in [0.29, 0.717) is 5.39 Å². The van der Waals surface area contributed by atoms with E-state index >= 15 is 0 Å². The first-order chi connectivity index (χ1) is 14.3. The molecule has 0 spiro atoms. The molecule has 2 unspecified atom stereocenters. The van der Waals surface area contributed by atoms with E-state index in [4.69, 9.17) is 0 Å². The van der Waals surface area contributed by atoms with Crippen molar-refractivity contribution in [2.45, 2.75) is 18.5 Å². The molecule has 0 aliphatic carbocycles. The fraction of sp³-hybridized carbons (Fsp3) is 0.167. The lowest BCUT2D eigenvalue weighted by molar-refractivity contribution is 0.637. The van der Waals surface area contributed by atoms with Crippen LogP contribution in [0.1, 0.15) is 34.3 Å². The first-order valence-electron chi connectivity index (χ1n) is 9.82. The average Bonchev–Trinajstić information content (AvgIpc) is 2.77. The summed E-state index contributed by atoms with van der Waals surface area (Å²) >= 11 is 0. The highest BCUT2D eigenvalue weighted by atomic mass is 16.1. The Hall–Kier alpha value is -3.44. The van der Waals surface area contributed by atoms with Gasteiger partial charge in [-0.1, -0.05) is 60.7 Å². The Labute approximate surface area is 168 Å². The fourth-order valence-electron chi connectivity index (χ4n) is 4.39. The minimum Gasteiger partial charge on any atom is -0.377 e. The second kappa shape index (κ2) is 7.18. The predicted molar refractivity (Wildman–Crippen MR) is 116 cm³/mol. The molecular weight excluding hydrogens is 360 g/mol. The van der Waals surface area contributed by atoms with E-state index in [1.54, 1.807) is 0 Å². The van der Waals surface area contributed by atoms with Gasteiger partial charge in [0.25, 0.3) is 5.56 Å². The van der Waals surface area contributed by atoms with E-state index in [2.05, 4.69) is 57.2 Å². The zero-order valence-corrected chi connectivity index (χ0v) is 16.1. The number of benzene rings is 3. The van der Waals surface area contributed by atoms with Crippen LogP contribution in [0.2, 0.25) is 0 Å². The van der Waals surface area contributed by atoms with Crippen LogP contribution < -0.4 is 16.2 Å². The summed E-state index contributed by atoms with van der Waals surface area (Å²) in [6.07, 6.45) is 0. The van der Waals surface area contributed by atoms with Gasteiger partial charge in [0.1, 0.15) is 0 Å². The normalized spacial score (nSPS) is 17.8. The second-order valence-corrected chi connectivity index (χ2v) is 7.45. The molecule has 1 aromatic heterocycles. The minimum atomic E-state index is -0.159. The van der Waals surface area contributed by atoms with Crippen molar-refractivity contribution in [3.63, 3.8) is 0 Å². The van der Waals surface area contributed by atoms with Gasteiger partial charge in [0.2, 0.25) is 0 Å². The molecule has 0 saturated heterocycles. The van der Waals surface area contributed by atoms with Gasteiger partial charge in [-0.15, -0.1) is 0 Å². The number of anilines is 1. The lowest BCUT2D eigenvalue weighted by atomic mass is 9.80. The maximum Gasteiger partial charge on any atom is 0.272 e. The molecule has 4 aromatic rings. The summed E-state index contributed by atoms with van der Waals surface area (Å²) in [5, 5.41) is 15.8. The molecule has 5 rings (SSSR count). The fourth-order valence-corrected chi connectivity index (χ4v) is 4.39. The third kappa shape index (κ3) is 3.00. The zero-order chi connectivity index (χ0) is 19.8. The smallest absolute Gasteiger partial charge is 0.272 e. The highest BCUT2D eigenvalue weighted by Crippen LogP contribution is 2.46. The lowest BCUT2D eigenvalue weighted by Crippen LogP contribution is -2.28. The van der Waals surface area contributed by atoms with Gasteiger partial charge in [-0.05, 0) is 35.9 Å². The predicted octanol–water partition coefficient (Wildman–Crippen LogP) is 3.94. The van der Waals surface area contributed by atoms with Crippen molar-refractivity contribution in [1.82, 2.24) is 15.5 Å². The van der Waals surface area contributed by atoms with Gasteiger partial charge in [0, 0.05) is 17.6 Å². The third-order valence-electron chi connectivity index (χ3n) is 5.63. The third-order valence-corrected chi connectivity index (χ3v) is 5.63. The molecule has 3 aromatic carbocycles. The van der Waals surface area contributed by atoms with Crippen LogP contribution in [0.5, 0.6) is 0 Å². The molecule has 0 radical (unpaired) electrons. The summed E-state index contributed by atoms with van der Waals surface area (Å²) in [6.45, 7) is 0.814. The van der Waals surface area contributed by atoms with Gasteiger partial charge in [0.15, 0.2) is 0 Å². The minimum absolute atomic E-state index is 0.00529. The summed E-state index contributed by atoms with van der Waals surface area (Å²) in [5.41, 5.74) is 5.30. The van der Waals surface area contributed by atoms with E-state index in [0.717, 1.165) is 23.3 Å². The molecule has 0 saturated carbocycles. The maximum atomic E-state index is 12.4. The number of aromatic amines is 1. The van der Waals surface area contributed by atoms with Crippen LogP contribution in [0.15, 0.2) is 77.6 Å². The molecule has 2 heterocycles. The Kier molecular flexibility index (Phi) is 4.37. The van der Waals surface area contributed by atoms with E-state index in [-0.39, 0.29) is 17.5 Å². The number of nitrogens with one attached hydrogen (secondary N) is 3. The molecule has 5 nitrogen and oxygen atoms in total. The van der Waals surface area contributed by atoms with Crippen LogP contribution in [-0.2, 0) is 6.54 Å². The van der Waals surface area contributed by atoms with Crippen LogP contribution in [0.3, 0.4) is 0 Å².